The van der Waals surface area contributed by atoms with E-state index in [1.807, 2.05) is 0 Å². The van der Waals surface area contributed by atoms with E-state index < -0.39 is 6.10 Å². The molecule has 0 fully saturated rings. The lowest BCUT2D eigenvalue weighted by atomic mass is 10.4. The summed E-state index contributed by atoms with van der Waals surface area (Å²) in [6.07, 6.45) is -0.592. The van der Waals surface area contributed by atoms with E-state index in [1.165, 1.54) is 6.92 Å². The number of ether oxygens (including phenoxy) is 2. The highest BCUT2D eigenvalue weighted by molar-refractivity contribution is 14.1. The molecule has 0 aliphatic rings. The molecule has 1 amide bonds. The molecule has 1 unspecified atom stereocenters. The van der Waals surface area contributed by atoms with Crippen LogP contribution in [0.15, 0.2) is 0 Å². The molecule has 0 radical (unpaired) electrons. The standard InChI is InChI=1S/C9H18INO4/c1-8(12)11-3-5-15-7-9(13)6-14-4-2-10/h9,13H,2-7H2,1H3,(H,11,12). The van der Waals surface area contributed by atoms with E-state index in [2.05, 4.69) is 27.9 Å². The Labute approximate surface area is 104 Å². The van der Waals surface area contributed by atoms with Crippen molar-refractivity contribution in [3.63, 3.8) is 0 Å². The van der Waals surface area contributed by atoms with Crippen LogP contribution in [0.25, 0.3) is 0 Å². The third-order valence-electron chi connectivity index (χ3n) is 1.46. The van der Waals surface area contributed by atoms with Gasteiger partial charge in [0.25, 0.3) is 0 Å². The number of aliphatic hydroxyl groups is 1. The van der Waals surface area contributed by atoms with Crippen molar-refractivity contribution in [2.45, 2.75) is 13.0 Å². The van der Waals surface area contributed by atoms with Crippen LogP contribution in [-0.4, -0.2) is 54.5 Å². The average Bonchev–Trinajstić information content (AvgIpc) is 2.17. The fourth-order valence-electron chi connectivity index (χ4n) is 0.841. The molecule has 90 valence electrons. The van der Waals surface area contributed by atoms with E-state index in [9.17, 15) is 9.90 Å². The largest absolute Gasteiger partial charge is 0.388 e. The van der Waals surface area contributed by atoms with Crippen LogP contribution in [0.3, 0.4) is 0 Å². The van der Waals surface area contributed by atoms with Crippen LogP contribution in [0.5, 0.6) is 0 Å². The van der Waals surface area contributed by atoms with Gasteiger partial charge in [-0.2, -0.15) is 0 Å². The predicted molar refractivity (Wildman–Crippen MR) is 65.2 cm³/mol. The van der Waals surface area contributed by atoms with Crippen molar-refractivity contribution in [1.29, 1.82) is 0 Å². The lowest BCUT2D eigenvalue weighted by Crippen LogP contribution is -2.27. The van der Waals surface area contributed by atoms with Gasteiger partial charge in [-0.1, -0.05) is 22.6 Å². The molecule has 0 aromatic carbocycles. The summed E-state index contributed by atoms with van der Waals surface area (Å²) in [5, 5.41) is 11.9. The Morgan fingerprint density at radius 3 is 2.53 bits per heavy atom. The number of alkyl halides is 1. The molecular weight excluding hydrogens is 313 g/mol. The summed E-state index contributed by atoms with van der Waals surface area (Å²) in [5.41, 5.74) is 0. The molecule has 0 aliphatic carbocycles. The second-order valence-corrected chi connectivity index (χ2v) is 4.05. The summed E-state index contributed by atoms with van der Waals surface area (Å²) in [4.78, 5) is 10.5. The van der Waals surface area contributed by atoms with Gasteiger partial charge in [0.05, 0.1) is 26.4 Å². The molecule has 5 nitrogen and oxygen atoms in total. The topological polar surface area (TPSA) is 67.8 Å². The maximum atomic E-state index is 10.5. The zero-order chi connectivity index (χ0) is 11.5. The van der Waals surface area contributed by atoms with Gasteiger partial charge in [-0.15, -0.1) is 0 Å². The van der Waals surface area contributed by atoms with Crippen molar-refractivity contribution in [2.75, 3.05) is 37.4 Å². The highest BCUT2D eigenvalue weighted by atomic mass is 127. The van der Waals surface area contributed by atoms with Crippen molar-refractivity contribution in [1.82, 2.24) is 5.32 Å². The molecule has 0 saturated heterocycles. The molecule has 6 heteroatoms. The van der Waals surface area contributed by atoms with Crippen LogP contribution in [0, 0.1) is 0 Å². The van der Waals surface area contributed by atoms with Gasteiger partial charge >= 0.3 is 0 Å². The summed E-state index contributed by atoms with van der Waals surface area (Å²) in [6.45, 7) is 3.50. The second kappa shape index (κ2) is 10.6. The fourth-order valence-corrected chi connectivity index (χ4v) is 1.15. The van der Waals surface area contributed by atoms with E-state index in [-0.39, 0.29) is 12.5 Å². The van der Waals surface area contributed by atoms with Crippen LogP contribution in [0.4, 0.5) is 0 Å². The van der Waals surface area contributed by atoms with Crippen molar-refractivity contribution < 1.29 is 19.4 Å². The predicted octanol–water partition coefficient (Wildman–Crippen LogP) is -0.0484. The fraction of sp³-hybridized carbons (Fsp3) is 0.889. The molecule has 15 heavy (non-hydrogen) atoms. The Hall–Kier alpha value is 0.0800. The van der Waals surface area contributed by atoms with Gasteiger partial charge in [-0.05, 0) is 0 Å². The Bertz CT molecular complexity index is 168. The number of halogens is 1. The quantitative estimate of drug-likeness (QED) is 0.353. The summed E-state index contributed by atoms with van der Waals surface area (Å²) < 4.78 is 11.2. The third kappa shape index (κ3) is 12.0. The van der Waals surface area contributed by atoms with Gasteiger partial charge < -0.3 is 19.9 Å². The van der Waals surface area contributed by atoms with Gasteiger partial charge in [0.15, 0.2) is 0 Å². The van der Waals surface area contributed by atoms with Crippen molar-refractivity contribution >= 4 is 28.5 Å². The summed E-state index contributed by atoms with van der Waals surface area (Å²) in [6, 6.07) is 0. The van der Waals surface area contributed by atoms with Gasteiger partial charge in [0.2, 0.25) is 5.91 Å². The number of nitrogens with one attached hydrogen (secondary N) is 1. The molecule has 0 heterocycles. The lowest BCUT2D eigenvalue weighted by Gasteiger charge is -2.11. The number of amides is 1. The first-order valence-electron chi connectivity index (χ1n) is 4.80. The van der Waals surface area contributed by atoms with E-state index in [0.29, 0.717) is 26.4 Å². The second-order valence-electron chi connectivity index (χ2n) is 2.98. The van der Waals surface area contributed by atoms with Gasteiger partial charge in [0, 0.05) is 17.9 Å². The number of hydrogen-bond acceptors (Lipinski definition) is 4. The molecule has 0 saturated carbocycles. The maximum absolute atomic E-state index is 10.5. The molecule has 0 bridgehead atoms. The van der Waals surface area contributed by atoms with Crippen LogP contribution >= 0.6 is 22.6 Å². The molecule has 2 N–H and O–H groups in total. The van der Waals surface area contributed by atoms with Gasteiger partial charge in [-0.3, -0.25) is 4.79 Å². The maximum Gasteiger partial charge on any atom is 0.216 e. The number of aliphatic hydroxyl groups excluding tert-OH is 1. The molecular formula is C9H18INO4. The zero-order valence-electron chi connectivity index (χ0n) is 8.87. The number of hydrogen-bond donors (Lipinski definition) is 2. The summed E-state index contributed by atoms with van der Waals surface area (Å²) in [5.74, 6) is -0.0791. The summed E-state index contributed by atoms with van der Waals surface area (Å²) in [7, 11) is 0. The van der Waals surface area contributed by atoms with E-state index in [1.54, 1.807) is 0 Å². The van der Waals surface area contributed by atoms with Crippen LogP contribution in [-0.2, 0) is 14.3 Å². The Balaban J connectivity index is 3.16. The Morgan fingerprint density at radius 1 is 1.40 bits per heavy atom. The Kier molecular flexibility index (Phi) is 10.6. The van der Waals surface area contributed by atoms with Crippen molar-refractivity contribution in [3.05, 3.63) is 0 Å². The highest BCUT2D eigenvalue weighted by Gasteiger charge is 2.03. The normalized spacial score (nSPS) is 12.5. The summed E-state index contributed by atoms with van der Waals surface area (Å²) >= 11 is 2.20. The van der Waals surface area contributed by atoms with E-state index in [4.69, 9.17) is 9.47 Å². The molecule has 0 rings (SSSR count). The highest BCUT2D eigenvalue weighted by Crippen LogP contribution is 1.89. The molecule has 0 spiro atoms. The molecule has 0 aliphatic heterocycles. The minimum Gasteiger partial charge on any atom is -0.388 e. The van der Waals surface area contributed by atoms with E-state index >= 15 is 0 Å². The molecule has 0 aromatic rings. The first kappa shape index (κ1) is 15.1. The van der Waals surface area contributed by atoms with Crippen LogP contribution < -0.4 is 5.32 Å². The minimum atomic E-state index is -0.592. The minimum absolute atomic E-state index is 0.0791. The zero-order valence-corrected chi connectivity index (χ0v) is 11.0. The number of carbonyl (C=O) groups excluding carboxylic acids is 1. The van der Waals surface area contributed by atoms with Crippen molar-refractivity contribution in [3.8, 4) is 0 Å². The number of carbonyl (C=O) groups is 1. The monoisotopic (exact) mass is 331 g/mol. The number of rotatable bonds is 9. The first-order valence-corrected chi connectivity index (χ1v) is 6.33. The van der Waals surface area contributed by atoms with Crippen LogP contribution in [0.1, 0.15) is 6.92 Å². The molecule has 0 aromatic heterocycles. The van der Waals surface area contributed by atoms with Crippen LogP contribution in [0.2, 0.25) is 0 Å². The Morgan fingerprint density at radius 2 is 2.00 bits per heavy atom. The SMILES string of the molecule is CC(=O)NCCOCC(O)COCCI. The molecule has 1 atom stereocenters. The van der Waals surface area contributed by atoms with Gasteiger partial charge in [0.1, 0.15) is 6.10 Å². The van der Waals surface area contributed by atoms with Gasteiger partial charge in [-0.25, -0.2) is 0 Å². The average molecular weight is 331 g/mol. The first-order chi connectivity index (χ1) is 7.16. The van der Waals surface area contributed by atoms with Crippen molar-refractivity contribution in [2.24, 2.45) is 0 Å². The third-order valence-corrected chi connectivity index (χ3v) is 1.90. The lowest BCUT2D eigenvalue weighted by molar-refractivity contribution is -0.119. The smallest absolute Gasteiger partial charge is 0.216 e. The van der Waals surface area contributed by atoms with E-state index in [0.717, 1.165) is 4.43 Å².